The van der Waals surface area contributed by atoms with Crippen molar-refractivity contribution in [3.8, 4) is 5.75 Å². The zero-order valence-electron chi connectivity index (χ0n) is 26.3. The van der Waals surface area contributed by atoms with Gasteiger partial charge in [-0.25, -0.2) is 0 Å². The van der Waals surface area contributed by atoms with Gasteiger partial charge in [-0.2, -0.15) is 0 Å². The number of nitrogens with two attached hydrogens (primary N) is 4. The van der Waals surface area contributed by atoms with Crippen molar-refractivity contribution < 1.29 is 24.3 Å². The van der Waals surface area contributed by atoms with Crippen LogP contribution in [-0.2, 0) is 32.0 Å². The Kier molecular flexibility index (Phi) is 16.0. The zero-order chi connectivity index (χ0) is 33.4. The number of carbonyl (C=O) groups excluding carboxylic acids is 4. The van der Waals surface area contributed by atoms with Gasteiger partial charge in [0, 0.05) is 19.5 Å². The van der Waals surface area contributed by atoms with E-state index in [0.717, 1.165) is 22.3 Å². The maximum Gasteiger partial charge on any atom is 0.243 e. The van der Waals surface area contributed by atoms with E-state index in [-0.39, 0.29) is 25.0 Å². The Morgan fingerprint density at radius 1 is 0.778 bits per heavy atom. The van der Waals surface area contributed by atoms with Crippen molar-refractivity contribution in [2.24, 2.45) is 22.9 Å². The Hall–Kier alpha value is -4.04. The molecule has 2 rings (SSSR count). The minimum Gasteiger partial charge on any atom is -0.508 e. The standard InChI is InChI=1S/C32H50N8O5/c1-20-15-23(41)16-21(2)24(20)18-28(40-30(43)25(35)11-8-14-37-19-34)32(45)38-26(12-6-7-13-33)31(44)39-27(29(36)42)17-22-9-4-3-5-10-22/h3-5,9-10,15-16,25-28,37,41H,6-8,11-14,17-19,33-35H2,1-2H3,(H2,36,42)(H,38,45)(H,39,44)(H,40,43)/t25-,26+,27+,28+/m1/s1. The molecule has 4 atom stereocenters. The van der Waals surface area contributed by atoms with Crippen LogP contribution in [0.2, 0.25) is 0 Å². The molecule has 13 nitrogen and oxygen atoms in total. The van der Waals surface area contributed by atoms with Gasteiger partial charge >= 0.3 is 0 Å². The van der Waals surface area contributed by atoms with E-state index < -0.39 is 47.8 Å². The SMILES string of the molecule is Cc1cc(O)cc(C)c1C[C@H](NC(=O)[C@H](N)CCCNCN)C(=O)N[C@@H](CCCCN)C(=O)N[C@@H](Cc1ccccc1)C(N)=O. The van der Waals surface area contributed by atoms with E-state index in [4.69, 9.17) is 22.9 Å². The van der Waals surface area contributed by atoms with Crippen LogP contribution in [0.1, 0.15) is 54.4 Å². The van der Waals surface area contributed by atoms with E-state index in [0.29, 0.717) is 45.4 Å². The summed E-state index contributed by atoms with van der Waals surface area (Å²) >= 11 is 0. The molecule has 0 aromatic heterocycles. The van der Waals surface area contributed by atoms with E-state index in [9.17, 15) is 24.3 Å². The van der Waals surface area contributed by atoms with Crippen molar-refractivity contribution in [2.45, 2.75) is 83.0 Å². The monoisotopic (exact) mass is 626 g/mol. The number of hydrogen-bond donors (Lipinski definition) is 9. The number of aryl methyl sites for hydroxylation is 2. The van der Waals surface area contributed by atoms with E-state index >= 15 is 0 Å². The van der Waals surface area contributed by atoms with E-state index in [2.05, 4.69) is 21.3 Å². The summed E-state index contributed by atoms with van der Waals surface area (Å²) in [7, 11) is 0. The largest absolute Gasteiger partial charge is 0.508 e. The highest BCUT2D eigenvalue weighted by molar-refractivity contribution is 5.94. The van der Waals surface area contributed by atoms with Gasteiger partial charge in [-0.15, -0.1) is 0 Å². The molecule has 0 heterocycles. The molecule has 2 aromatic carbocycles. The predicted octanol–water partition coefficient (Wildman–Crippen LogP) is -0.524. The molecule has 0 aliphatic rings. The number of phenolic OH excluding ortho intramolecular Hbond substituents is 1. The van der Waals surface area contributed by atoms with Crippen LogP contribution >= 0.6 is 0 Å². The quantitative estimate of drug-likeness (QED) is 0.0677. The smallest absolute Gasteiger partial charge is 0.243 e. The number of amides is 4. The lowest BCUT2D eigenvalue weighted by Crippen LogP contribution is -2.58. The van der Waals surface area contributed by atoms with Gasteiger partial charge in [-0.1, -0.05) is 30.3 Å². The lowest BCUT2D eigenvalue weighted by molar-refractivity contribution is -0.133. The fraction of sp³-hybridized carbons (Fsp3) is 0.500. The van der Waals surface area contributed by atoms with Crippen molar-refractivity contribution in [3.05, 3.63) is 64.7 Å². The molecule has 0 aliphatic carbocycles. The molecule has 0 unspecified atom stereocenters. The second kappa shape index (κ2) is 19.4. The fourth-order valence-corrected chi connectivity index (χ4v) is 5.04. The molecule has 0 radical (unpaired) electrons. The fourth-order valence-electron chi connectivity index (χ4n) is 5.04. The molecule has 45 heavy (non-hydrogen) atoms. The molecule has 2 aromatic rings. The topological polar surface area (TPSA) is 241 Å². The van der Waals surface area contributed by atoms with Gasteiger partial charge in [-0.3, -0.25) is 19.2 Å². The predicted molar refractivity (Wildman–Crippen MR) is 174 cm³/mol. The number of carbonyl (C=O) groups is 4. The van der Waals surface area contributed by atoms with Crippen LogP contribution in [0.3, 0.4) is 0 Å². The molecule has 0 spiro atoms. The molecule has 13 N–H and O–H groups in total. The Morgan fingerprint density at radius 2 is 1.38 bits per heavy atom. The summed E-state index contributed by atoms with van der Waals surface area (Å²) < 4.78 is 0. The van der Waals surface area contributed by atoms with Crippen LogP contribution < -0.4 is 44.2 Å². The number of rotatable bonds is 20. The van der Waals surface area contributed by atoms with Crippen molar-refractivity contribution in [3.63, 3.8) is 0 Å². The molecular weight excluding hydrogens is 576 g/mol. The summed E-state index contributed by atoms with van der Waals surface area (Å²) in [5, 5.41) is 21.2. The number of aromatic hydroxyl groups is 1. The summed E-state index contributed by atoms with van der Waals surface area (Å²) in [5.41, 5.74) is 25.9. The Labute approximate surface area is 265 Å². The molecular formula is C32H50N8O5. The van der Waals surface area contributed by atoms with E-state index in [1.54, 1.807) is 26.0 Å². The van der Waals surface area contributed by atoms with E-state index in [1.807, 2.05) is 30.3 Å². The number of unbranched alkanes of at least 4 members (excludes halogenated alkanes) is 1. The lowest BCUT2D eigenvalue weighted by Gasteiger charge is -2.26. The molecule has 0 bridgehead atoms. The van der Waals surface area contributed by atoms with Gasteiger partial charge < -0.3 is 49.3 Å². The molecule has 0 saturated carbocycles. The maximum absolute atomic E-state index is 13.8. The average Bonchev–Trinajstić information content (AvgIpc) is 2.99. The lowest BCUT2D eigenvalue weighted by atomic mass is 9.95. The minimum atomic E-state index is -1.09. The van der Waals surface area contributed by atoms with Crippen molar-refractivity contribution >= 4 is 23.6 Å². The molecule has 248 valence electrons. The van der Waals surface area contributed by atoms with Gasteiger partial charge in [0.15, 0.2) is 0 Å². The molecule has 0 saturated heterocycles. The van der Waals surface area contributed by atoms with Crippen LogP contribution in [-0.4, -0.2) is 72.7 Å². The third kappa shape index (κ3) is 12.8. The van der Waals surface area contributed by atoms with Crippen LogP contribution in [0.4, 0.5) is 0 Å². The highest BCUT2D eigenvalue weighted by Gasteiger charge is 2.30. The van der Waals surface area contributed by atoms with Gasteiger partial charge in [-0.05, 0) is 93.4 Å². The van der Waals surface area contributed by atoms with Crippen LogP contribution in [0.25, 0.3) is 0 Å². The van der Waals surface area contributed by atoms with Crippen LogP contribution in [0.5, 0.6) is 5.75 Å². The first kappa shape index (κ1) is 37.1. The molecule has 4 amide bonds. The minimum absolute atomic E-state index is 0.0862. The van der Waals surface area contributed by atoms with Crippen LogP contribution in [0.15, 0.2) is 42.5 Å². The summed E-state index contributed by atoms with van der Waals surface area (Å²) in [5.74, 6) is -2.32. The first-order valence-electron chi connectivity index (χ1n) is 15.4. The van der Waals surface area contributed by atoms with Gasteiger partial charge in [0.05, 0.1) is 6.04 Å². The number of nitrogens with one attached hydrogen (secondary N) is 4. The van der Waals surface area contributed by atoms with Crippen LogP contribution in [0, 0.1) is 13.8 Å². The Balaban J connectivity index is 2.29. The normalized spacial score (nSPS) is 13.7. The van der Waals surface area contributed by atoms with Crippen molar-refractivity contribution in [1.82, 2.24) is 21.3 Å². The van der Waals surface area contributed by atoms with Crippen molar-refractivity contribution in [2.75, 3.05) is 19.8 Å². The summed E-state index contributed by atoms with van der Waals surface area (Å²) in [4.78, 5) is 52.7. The zero-order valence-corrected chi connectivity index (χ0v) is 26.3. The molecule has 0 aliphatic heterocycles. The van der Waals surface area contributed by atoms with E-state index in [1.165, 1.54) is 0 Å². The summed E-state index contributed by atoms with van der Waals surface area (Å²) in [6.45, 7) is 4.89. The maximum atomic E-state index is 13.8. The average molecular weight is 627 g/mol. The second-order valence-electron chi connectivity index (χ2n) is 11.3. The highest BCUT2D eigenvalue weighted by Crippen LogP contribution is 2.22. The number of primary amides is 1. The van der Waals surface area contributed by atoms with Gasteiger partial charge in [0.25, 0.3) is 0 Å². The molecule has 0 fully saturated rings. The van der Waals surface area contributed by atoms with Crippen molar-refractivity contribution in [1.29, 1.82) is 0 Å². The third-order valence-corrected chi connectivity index (χ3v) is 7.59. The first-order chi connectivity index (χ1) is 21.5. The third-order valence-electron chi connectivity index (χ3n) is 7.59. The Bertz CT molecular complexity index is 1240. The number of hydrogen-bond acceptors (Lipinski definition) is 9. The molecule has 13 heteroatoms. The number of phenols is 1. The Morgan fingerprint density at radius 3 is 1.98 bits per heavy atom. The van der Waals surface area contributed by atoms with Gasteiger partial charge in [0.1, 0.15) is 23.9 Å². The summed E-state index contributed by atoms with van der Waals surface area (Å²) in [6, 6.07) is 8.29. The highest BCUT2D eigenvalue weighted by atomic mass is 16.3. The second-order valence-corrected chi connectivity index (χ2v) is 11.3. The first-order valence-corrected chi connectivity index (χ1v) is 15.4. The number of benzene rings is 2. The van der Waals surface area contributed by atoms with Gasteiger partial charge in [0.2, 0.25) is 23.6 Å². The summed E-state index contributed by atoms with van der Waals surface area (Å²) in [6.07, 6.45) is 2.63.